The number of halogens is 2. The van der Waals surface area contributed by atoms with E-state index in [2.05, 4.69) is 10.2 Å². The lowest BCUT2D eigenvalue weighted by atomic mass is 10.1. The summed E-state index contributed by atoms with van der Waals surface area (Å²) < 4.78 is 5.79. The molecule has 1 aromatic carbocycles. The van der Waals surface area contributed by atoms with Crippen molar-refractivity contribution in [1.82, 2.24) is 4.90 Å². The summed E-state index contributed by atoms with van der Waals surface area (Å²) in [6, 6.07) is 5.67. The number of hydrogen-bond donors (Lipinski definition) is 1. The molecule has 0 spiro atoms. The number of hydrogen-bond acceptors (Lipinski definition) is 3. The molecule has 1 heterocycles. The minimum Gasteiger partial charge on any atom is -0.375 e. The van der Waals surface area contributed by atoms with Crippen molar-refractivity contribution < 1.29 is 9.53 Å². The van der Waals surface area contributed by atoms with Crippen LogP contribution in [0.4, 0.5) is 5.69 Å². The van der Waals surface area contributed by atoms with E-state index in [4.69, 9.17) is 27.9 Å². The van der Waals surface area contributed by atoms with Gasteiger partial charge in [-0.05, 0) is 31.4 Å². The molecule has 1 N–H and O–H groups in total. The summed E-state index contributed by atoms with van der Waals surface area (Å²) in [5.41, 5.74) is 0.497. The first-order chi connectivity index (χ1) is 10.6. The van der Waals surface area contributed by atoms with Gasteiger partial charge in [0.05, 0.1) is 28.4 Å². The van der Waals surface area contributed by atoms with Crippen LogP contribution in [0, 0.1) is 0 Å². The monoisotopic (exact) mass is 342 g/mol. The molecule has 4 nitrogen and oxygen atoms in total. The Labute approximate surface area is 140 Å². The van der Waals surface area contributed by atoms with E-state index in [0.717, 1.165) is 26.1 Å². The van der Waals surface area contributed by atoms with Gasteiger partial charge in [0.15, 0.2) is 0 Å². The summed E-state index contributed by atoms with van der Waals surface area (Å²) in [4.78, 5) is 14.5. The van der Waals surface area contributed by atoms with Gasteiger partial charge in [0.2, 0.25) is 5.91 Å². The first kappa shape index (κ1) is 16.1. The van der Waals surface area contributed by atoms with Gasteiger partial charge in [-0.15, -0.1) is 0 Å². The Hall–Kier alpha value is -0.810. The molecule has 1 amide bonds. The second-order valence-electron chi connectivity index (χ2n) is 5.84. The zero-order valence-electron chi connectivity index (χ0n) is 12.4. The molecular weight excluding hydrogens is 323 g/mol. The quantitative estimate of drug-likeness (QED) is 0.909. The molecule has 3 rings (SSSR count). The van der Waals surface area contributed by atoms with Crippen molar-refractivity contribution in [3.8, 4) is 0 Å². The zero-order chi connectivity index (χ0) is 15.5. The van der Waals surface area contributed by atoms with E-state index < -0.39 is 0 Å². The maximum Gasteiger partial charge on any atom is 0.225 e. The first-order valence-corrected chi connectivity index (χ1v) is 8.50. The lowest BCUT2D eigenvalue weighted by Gasteiger charge is -2.37. The minimum absolute atomic E-state index is 0.0592. The van der Waals surface area contributed by atoms with Crippen molar-refractivity contribution in [3.63, 3.8) is 0 Å². The summed E-state index contributed by atoms with van der Waals surface area (Å²) in [6.07, 6.45) is 4.32. The summed E-state index contributed by atoms with van der Waals surface area (Å²) in [5, 5.41) is 3.74. The third kappa shape index (κ3) is 3.57. The molecule has 1 saturated carbocycles. The van der Waals surface area contributed by atoms with E-state index in [1.807, 2.05) is 0 Å². The van der Waals surface area contributed by atoms with Gasteiger partial charge in [-0.3, -0.25) is 9.69 Å². The van der Waals surface area contributed by atoms with Crippen molar-refractivity contribution >= 4 is 34.8 Å². The van der Waals surface area contributed by atoms with Gasteiger partial charge >= 0.3 is 0 Å². The second kappa shape index (κ2) is 7.18. The second-order valence-corrected chi connectivity index (χ2v) is 6.65. The molecule has 0 radical (unpaired) electrons. The van der Waals surface area contributed by atoms with Crippen LogP contribution in [0.3, 0.4) is 0 Å². The molecule has 2 atom stereocenters. The van der Waals surface area contributed by atoms with E-state index in [1.54, 1.807) is 18.2 Å². The van der Waals surface area contributed by atoms with Gasteiger partial charge in [-0.2, -0.15) is 0 Å². The topological polar surface area (TPSA) is 41.6 Å². The Morgan fingerprint density at radius 3 is 2.86 bits per heavy atom. The van der Waals surface area contributed by atoms with Crippen LogP contribution in [0.25, 0.3) is 0 Å². The fraction of sp³-hybridized carbons (Fsp3) is 0.562. The number of carbonyl (C=O) groups excluding carboxylic acids is 1. The zero-order valence-corrected chi connectivity index (χ0v) is 13.9. The van der Waals surface area contributed by atoms with E-state index in [1.165, 1.54) is 12.8 Å². The average Bonchev–Trinajstić information content (AvgIpc) is 2.98. The predicted octanol–water partition coefficient (Wildman–Crippen LogP) is 3.58. The minimum atomic E-state index is -0.0592. The summed E-state index contributed by atoms with van der Waals surface area (Å²) in [7, 11) is 0. The molecule has 2 aliphatic rings. The van der Waals surface area contributed by atoms with Gasteiger partial charge in [0.25, 0.3) is 0 Å². The lowest BCUT2D eigenvalue weighted by molar-refractivity contribution is -0.117. The highest BCUT2D eigenvalue weighted by Gasteiger charge is 2.35. The fourth-order valence-electron chi connectivity index (χ4n) is 3.35. The van der Waals surface area contributed by atoms with Gasteiger partial charge in [-0.25, -0.2) is 0 Å². The molecule has 1 aliphatic carbocycles. The van der Waals surface area contributed by atoms with E-state index in [9.17, 15) is 4.79 Å². The average molecular weight is 343 g/mol. The number of anilines is 1. The highest BCUT2D eigenvalue weighted by Crippen LogP contribution is 2.31. The number of rotatable bonds is 4. The molecular formula is C16H20Cl2N2O2. The van der Waals surface area contributed by atoms with Crippen LogP contribution in [0.1, 0.15) is 25.7 Å². The van der Waals surface area contributed by atoms with Crippen molar-refractivity contribution in [2.24, 2.45) is 0 Å². The number of fused-ring (bicyclic) bond motifs is 1. The smallest absolute Gasteiger partial charge is 0.225 e. The molecule has 1 aliphatic heterocycles. The van der Waals surface area contributed by atoms with Crippen LogP contribution >= 0.6 is 23.2 Å². The molecule has 6 heteroatoms. The molecule has 0 bridgehead atoms. The fourth-order valence-corrected chi connectivity index (χ4v) is 3.84. The number of benzene rings is 1. The molecule has 120 valence electrons. The number of amides is 1. The lowest BCUT2D eigenvalue weighted by Crippen LogP contribution is -2.49. The first-order valence-electron chi connectivity index (χ1n) is 7.74. The summed E-state index contributed by atoms with van der Waals surface area (Å²) >= 11 is 12.1. The van der Waals surface area contributed by atoms with Crippen LogP contribution in [0.2, 0.25) is 10.0 Å². The number of nitrogens with one attached hydrogen (secondary N) is 1. The Kier molecular flexibility index (Phi) is 5.24. The number of carbonyl (C=O) groups is 1. The third-order valence-corrected chi connectivity index (χ3v) is 5.08. The maximum absolute atomic E-state index is 12.2. The Morgan fingerprint density at radius 2 is 2.09 bits per heavy atom. The van der Waals surface area contributed by atoms with Crippen molar-refractivity contribution in [2.75, 3.05) is 25.0 Å². The van der Waals surface area contributed by atoms with Crippen molar-refractivity contribution in [1.29, 1.82) is 0 Å². The molecule has 2 fully saturated rings. The summed E-state index contributed by atoms with van der Waals surface area (Å²) in [5.74, 6) is -0.0592. The SMILES string of the molecule is O=C(CCN1CCOC2CCCC21)Nc1c(Cl)cccc1Cl. The van der Waals surface area contributed by atoms with Crippen LogP contribution in [0.15, 0.2) is 18.2 Å². The van der Waals surface area contributed by atoms with E-state index in [-0.39, 0.29) is 5.91 Å². The van der Waals surface area contributed by atoms with Gasteiger partial charge < -0.3 is 10.1 Å². The molecule has 1 saturated heterocycles. The maximum atomic E-state index is 12.2. The van der Waals surface area contributed by atoms with Crippen LogP contribution in [-0.4, -0.2) is 42.6 Å². The summed E-state index contributed by atoms with van der Waals surface area (Å²) in [6.45, 7) is 2.42. The van der Waals surface area contributed by atoms with Gasteiger partial charge in [0.1, 0.15) is 0 Å². The van der Waals surface area contributed by atoms with Crippen LogP contribution in [0.5, 0.6) is 0 Å². The van der Waals surface area contributed by atoms with E-state index in [0.29, 0.717) is 34.3 Å². The number of para-hydroxylation sites is 1. The van der Waals surface area contributed by atoms with Crippen molar-refractivity contribution in [3.05, 3.63) is 28.2 Å². The molecule has 0 aromatic heterocycles. The van der Waals surface area contributed by atoms with Gasteiger partial charge in [-0.1, -0.05) is 29.3 Å². The van der Waals surface area contributed by atoms with Crippen LogP contribution < -0.4 is 5.32 Å². The highest BCUT2D eigenvalue weighted by molar-refractivity contribution is 6.39. The number of morpholine rings is 1. The third-order valence-electron chi connectivity index (χ3n) is 4.45. The highest BCUT2D eigenvalue weighted by atomic mass is 35.5. The molecule has 1 aromatic rings. The van der Waals surface area contributed by atoms with Gasteiger partial charge in [0, 0.05) is 25.6 Å². The Bertz CT molecular complexity index is 533. The molecule has 2 unspecified atom stereocenters. The Balaban J connectivity index is 1.54. The van der Waals surface area contributed by atoms with E-state index >= 15 is 0 Å². The Morgan fingerprint density at radius 1 is 1.32 bits per heavy atom. The number of ether oxygens (including phenoxy) is 1. The van der Waals surface area contributed by atoms with Crippen LogP contribution in [-0.2, 0) is 9.53 Å². The normalized spacial score (nSPS) is 25.0. The largest absolute Gasteiger partial charge is 0.375 e. The predicted molar refractivity (Wildman–Crippen MR) is 88.7 cm³/mol. The number of nitrogens with zero attached hydrogens (tertiary/aromatic N) is 1. The van der Waals surface area contributed by atoms with Crippen molar-refractivity contribution in [2.45, 2.75) is 37.8 Å². The standard InChI is InChI=1S/C16H20Cl2N2O2/c17-11-3-1-4-12(18)16(11)19-15(21)7-8-20-9-10-22-14-6-2-5-13(14)20/h1,3-4,13-14H,2,5-10H2,(H,19,21). The molecule has 22 heavy (non-hydrogen) atoms.